The number of nitrogens with zero attached hydrogens (tertiary/aromatic N) is 1. The van der Waals surface area contributed by atoms with Crippen LogP contribution in [0.25, 0.3) is 0 Å². The average Bonchev–Trinajstić information content (AvgIpc) is 3.11. The number of amides is 1. The molecule has 2 aromatic rings. The summed E-state index contributed by atoms with van der Waals surface area (Å²) in [4.78, 5) is 15.6. The van der Waals surface area contributed by atoms with Gasteiger partial charge in [-0.15, -0.1) is 0 Å². The van der Waals surface area contributed by atoms with E-state index in [1.165, 1.54) is 38.8 Å². The van der Waals surface area contributed by atoms with Crippen molar-refractivity contribution in [3.05, 3.63) is 70.2 Å². The smallest absolute Gasteiger partial charge is 0.230 e. The summed E-state index contributed by atoms with van der Waals surface area (Å²) < 4.78 is 0. The number of carbonyl (C=O) groups excluding carboxylic acids is 1. The van der Waals surface area contributed by atoms with E-state index in [-0.39, 0.29) is 11.3 Å². The van der Waals surface area contributed by atoms with Crippen LogP contribution in [-0.2, 0) is 22.0 Å². The highest BCUT2D eigenvalue weighted by Crippen LogP contribution is 2.46. The number of rotatable bonds is 6. The van der Waals surface area contributed by atoms with E-state index in [2.05, 4.69) is 34.5 Å². The van der Waals surface area contributed by atoms with Crippen LogP contribution >= 0.6 is 11.6 Å². The highest BCUT2D eigenvalue weighted by atomic mass is 35.5. The normalized spacial score (nSPS) is 21.5. The Morgan fingerprint density at radius 2 is 1.71 bits per heavy atom. The number of piperidine rings is 1. The molecule has 2 fully saturated rings. The molecule has 164 valence electrons. The second-order valence-electron chi connectivity index (χ2n) is 9.83. The van der Waals surface area contributed by atoms with Gasteiger partial charge in [0.05, 0.1) is 5.41 Å². The van der Waals surface area contributed by atoms with Crippen LogP contribution in [0.5, 0.6) is 0 Å². The highest BCUT2D eigenvalue weighted by molar-refractivity contribution is 6.30. The quantitative estimate of drug-likeness (QED) is 0.627. The fourth-order valence-corrected chi connectivity index (χ4v) is 6.23. The Balaban J connectivity index is 1.09. The summed E-state index contributed by atoms with van der Waals surface area (Å²) >= 11 is 6.04. The van der Waals surface area contributed by atoms with Crippen LogP contribution in [0, 0.1) is 0 Å². The van der Waals surface area contributed by atoms with Gasteiger partial charge in [-0.05, 0) is 98.8 Å². The maximum absolute atomic E-state index is 13.0. The molecule has 1 aliphatic heterocycles. The maximum Gasteiger partial charge on any atom is 0.230 e. The first kappa shape index (κ1) is 21.0. The number of carbonyl (C=O) groups is 1. The van der Waals surface area contributed by atoms with Gasteiger partial charge in [0.25, 0.3) is 0 Å². The number of hydrogen-bond acceptors (Lipinski definition) is 2. The SMILES string of the molecule is O=C(NCCCN1CCC2(CCc3ccccc32)CC1)C1(c2ccc(Cl)cc2)CCC1. The minimum atomic E-state index is -0.335. The molecule has 0 radical (unpaired) electrons. The average molecular weight is 437 g/mol. The molecule has 1 saturated carbocycles. The zero-order valence-corrected chi connectivity index (χ0v) is 19.1. The van der Waals surface area contributed by atoms with Crippen molar-refractivity contribution >= 4 is 17.5 Å². The van der Waals surface area contributed by atoms with Crippen molar-refractivity contribution in [2.45, 2.75) is 62.2 Å². The Labute approximate surface area is 191 Å². The lowest BCUT2D eigenvalue weighted by Crippen LogP contribution is -2.49. The molecule has 1 spiro atoms. The first-order chi connectivity index (χ1) is 15.1. The molecule has 1 heterocycles. The summed E-state index contributed by atoms with van der Waals surface area (Å²) in [5.74, 6) is 0.196. The topological polar surface area (TPSA) is 32.3 Å². The van der Waals surface area contributed by atoms with Crippen LogP contribution < -0.4 is 5.32 Å². The molecule has 3 aliphatic rings. The Bertz CT molecular complexity index is 927. The van der Waals surface area contributed by atoms with Crippen molar-refractivity contribution in [3.8, 4) is 0 Å². The van der Waals surface area contributed by atoms with Crippen LogP contribution in [-0.4, -0.2) is 37.0 Å². The second-order valence-corrected chi connectivity index (χ2v) is 10.3. The van der Waals surface area contributed by atoms with Gasteiger partial charge < -0.3 is 10.2 Å². The van der Waals surface area contributed by atoms with E-state index < -0.39 is 0 Å². The molecular formula is C27H33ClN2O. The number of hydrogen-bond donors (Lipinski definition) is 1. The molecule has 1 amide bonds. The summed E-state index contributed by atoms with van der Waals surface area (Å²) in [6.45, 7) is 4.19. The van der Waals surface area contributed by atoms with Crippen LogP contribution in [0.1, 0.15) is 61.6 Å². The molecule has 0 atom stereocenters. The number of aryl methyl sites for hydroxylation is 1. The summed E-state index contributed by atoms with van der Waals surface area (Å²) in [6.07, 6.45) is 9.14. The number of halogens is 1. The van der Waals surface area contributed by atoms with Gasteiger partial charge in [0, 0.05) is 11.6 Å². The lowest BCUT2D eigenvalue weighted by molar-refractivity contribution is -0.129. The molecule has 3 nitrogen and oxygen atoms in total. The zero-order valence-electron chi connectivity index (χ0n) is 18.3. The summed E-state index contributed by atoms with van der Waals surface area (Å²) in [5.41, 5.74) is 4.40. The Hall–Kier alpha value is -1.84. The van der Waals surface area contributed by atoms with E-state index in [4.69, 9.17) is 11.6 Å². The standard InChI is InChI=1S/C27H33ClN2O/c28-23-9-7-22(8-10-23)27(12-3-13-27)25(31)29-17-4-18-30-19-15-26(16-20-30)14-11-21-5-1-2-6-24(21)26/h1-2,5-10H,3-4,11-20H2,(H,29,31). The van der Waals surface area contributed by atoms with E-state index in [9.17, 15) is 4.79 Å². The predicted octanol–water partition coefficient (Wildman–Crippen LogP) is 5.25. The van der Waals surface area contributed by atoms with Crippen molar-refractivity contribution in [3.63, 3.8) is 0 Å². The predicted molar refractivity (Wildman–Crippen MR) is 127 cm³/mol. The van der Waals surface area contributed by atoms with Gasteiger partial charge in [-0.2, -0.15) is 0 Å². The molecule has 0 aromatic heterocycles. The van der Waals surface area contributed by atoms with Gasteiger partial charge in [0.1, 0.15) is 0 Å². The number of benzene rings is 2. The zero-order chi connectivity index (χ0) is 21.3. The monoisotopic (exact) mass is 436 g/mol. The van der Waals surface area contributed by atoms with Gasteiger partial charge in [0.2, 0.25) is 5.91 Å². The first-order valence-corrected chi connectivity index (χ1v) is 12.3. The van der Waals surface area contributed by atoms with E-state index in [0.29, 0.717) is 5.41 Å². The van der Waals surface area contributed by atoms with E-state index >= 15 is 0 Å². The van der Waals surface area contributed by atoms with Crippen LogP contribution in [0.4, 0.5) is 0 Å². The molecule has 0 bridgehead atoms. The Kier molecular flexibility index (Phi) is 5.83. The third kappa shape index (κ3) is 3.91. The van der Waals surface area contributed by atoms with Gasteiger partial charge in [-0.25, -0.2) is 0 Å². The van der Waals surface area contributed by atoms with Gasteiger partial charge in [0.15, 0.2) is 0 Å². The molecule has 1 saturated heterocycles. The Morgan fingerprint density at radius 1 is 0.968 bits per heavy atom. The van der Waals surface area contributed by atoms with E-state index in [0.717, 1.165) is 49.4 Å². The van der Waals surface area contributed by atoms with Crippen molar-refractivity contribution in [1.82, 2.24) is 10.2 Å². The Morgan fingerprint density at radius 3 is 2.42 bits per heavy atom. The van der Waals surface area contributed by atoms with Gasteiger partial charge in [-0.1, -0.05) is 54.4 Å². The van der Waals surface area contributed by atoms with Crippen molar-refractivity contribution in [1.29, 1.82) is 0 Å². The molecule has 31 heavy (non-hydrogen) atoms. The molecule has 4 heteroatoms. The molecule has 2 aliphatic carbocycles. The fourth-order valence-electron chi connectivity index (χ4n) is 6.11. The first-order valence-electron chi connectivity index (χ1n) is 12.0. The minimum absolute atomic E-state index is 0.196. The molecule has 2 aromatic carbocycles. The van der Waals surface area contributed by atoms with Crippen LogP contribution in [0.15, 0.2) is 48.5 Å². The largest absolute Gasteiger partial charge is 0.355 e. The van der Waals surface area contributed by atoms with Crippen LogP contribution in [0.2, 0.25) is 5.02 Å². The van der Waals surface area contributed by atoms with Crippen molar-refractivity contribution in [2.24, 2.45) is 0 Å². The summed E-state index contributed by atoms with van der Waals surface area (Å²) in [7, 11) is 0. The number of likely N-dealkylation sites (tertiary alicyclic amines) is 1. The van der Waals surface area contributed by atoms with Crippen molar-refractivity contribution in [2.75, 3.05) is 26.2 Å². The lowest BCUT2D eigenvalue weighted by atomic mass is 9.64. The minimum Gasteiger partial charge on any atom is -0.355 e. The second kappa shape index (κ2) is 8.60. The number of nitrogens with one attached hydrogen (secondary N) is 1. The van der Waals surface area contributed by atoms with Crippen LogP contribution in [0.3, 0.4) is 0 Å². The summed E-state index contributed by atoms with van der Waals surface area (Å²) in [5, 5.41) is 3.97. The van der Waals surface area contributed by atoms with E-state index in [1.807, 2.05) is 24.3 Å². The van der Waals surface area contributed by atoms with Gasteiger partial charge in [-0.3, -0.25) is 4.79 Å². The molecule has 5 rings (SSSR count). The number of fused-ring (bicyclic) bond motifs is 2. The summed E-state index contributed by atoms with van der Waals surface area (Å²) in [6, 6.07) is 16.9. The fraction of sp³-hybridized carbons (Fsp3) is 0.519. The third-order valence-corrected chi connectivity index (χ3v) is 8.50. The van der Waals surface area contributed by atoms with E-state index in [1.54, 1.807) is 11.1 Å². The highest BCUT2D eigenvalue weighted by Gasteiger charge is 2.45. The van der Waals surface area contributed by atoms with Crippen molar-refractivity contribution < 1.29 is 4.79 Å². The molecular weight excluding hydrogens is 404 g/mol. The lowest BCUT2D eigenvalue weighted by Gasteiger charge is -2.41. The molecule has 1 N–H and O–H groups in total. The molecule has 0 unspecified atom stereocenters. The van der Waals surface area contributed by atoms with Gasteiger partial charge >= 0.3 is 0 Å². The maximum atomic E-state index is 13.0. The third-order valence-electron chi connectivity index (χ3n) is 8.25.